The predicted octanol–water partition coefficient (Wildman–Crippen LogP) is 4.04. The predicted molar refractivity (Wildman–Crippen MR) is 85.6 cm³/mol. The molecular weight excluding hydrogens is 264 g/mol. The van der Waals surface area contributed by atoms with Crippen LogP contribution >= 0.6 is 0 Å². The van der Waals surface area contributed by atoms with Crippen molar-refractivity contribution in [1.82, 2.24) is 0 Å². The lowest BCUT2D eigenvalue weighted by atomic mass is 10.1. The quantitative estimate of drug-likeness (QED) is 0.870. The lowest BCUT2D eigenvalue weighted by molar-refractivity contribution is 0.185. The van der Waals surface area contributed by atoms with Gasteiger partial charge in [0.1, 0.15) is 0 Å². The van der Waals surface area contributed by atoms with E-state index in [0.29, 0.717) is 6.61 Å². The number of nitrogens with one attached hydrogen (secondary N) is 2. The molecule has 110 valence electrons. The fourth-order valence-corrected chi connectivity index (χ4v) is 2.15. The van der Waals surface area contributed by atoms with Crippen LogP contribution in [0.3, 0.4) is 0 Å². The molecule has 21 heavy (non-hydrogen) atoms. The number of aryl methyl sites for hydroxylation is 1. The van der Waals surface area contributed by atoms with E-state index in [2.05, 4.69) is 17.6 Å². The molecule has 0 atom stereocenters. The van der Waals surface area contributed by atoms with Gasteiger partial charge in [-0.2, -0.15) is 0 Å². The number of carbonyl (C=O) groups is 1. The van der Waals surface area contributed by atoms with E-state index in [1.54, 1.807) is 7.11 Å². The molecule has 4 nitrogen and oxygen atoms in total. The van der Waals surface area contributed by atoms with E-state index in [1.165, 1.54) is 0 Å². The SMILES string of the molecule is CCc1ccccc1NC(=O)Nc1ccccc1COC. The first-order chi connectivity index (χ1) is 10.2. The average molecular weight is 284 g/mol. The fraction of sp³-hybridized carbons (Fsp3) is 0.235. The zero-order valence-electron chi connectivity index (χ0n) is 12.3. The smallest absolute Gasteiger partial charge is 0.323 e. The van der Waals surface area contributed by atoms with Gasteiger partial charge in [-0.15, -0.1) is 0 Å². The van der Waals surface area contributed by atoms with E-state index in [-0.39, 0.29) is 6.03 Å². The Morgan fingerprint density at radius 1 is 0.952 bits per heavy atom. The highest BCUT2D eigenvalue weighted by Gasteiger charge is 2.08. The van der Waals surface area contributed by atoms with E-state index in [9.17, 15) is 4.79 Å². The summed E-state index contributed by atoms with van der Waals surface area (Å²) in [6, 6.07) is 15.1. The number of anilines is 2. The first-order valence-corrected chi connectivity index (χ1v) is 6.97. The molecule has 2 aromatic carbocycles. The maximum atomic E-state index is 12.1. The van der Waals surface area contributed by atoms with E-state index < -0.39 is 0 Å². The molecule has 0 saturated heterocycles. The van der Waals surface area contributed by atoms with Crippen LogP contribution in [0.5, 0.6) is 0 Å². The van der Waals surface area contributed by atoms with Gasteiger partial charge in [-0.05, 0) is 24.1 Å². The molecule has 0 radical (unpaired) electrons. The van der Waals surface area contributed by atoms with Crippen LogP contribution < -0.4 is 10.6 Å². The summed E-state index contributed by atoms with van der Waals surface area (Å²) in [5.41, 5.74) is 3.64. The Labute approximate surface area is 125 Å². The van der Waals surface area contributed by atoms with Gasteiger partial charge in [0.05, 0.1) is 6.61 Å². The lowest BCUT2D eigenvalue weighted by Crippen LogP contribution is -2.21. The lowest BCUT2D eigenvalue weighted by Gasteiger charge is -2.13. The molecule has 0 saturated carbocycles. The third kappa shape index (κ3) is 4.07. The first kappa shape index (κ1) is 15.1. The van der Waals surface area contributed by atoms with E-state index in [4.69, 9.17) is 4.74 Å². The molecule has 2 rings (SSSR count). The summed E-state index contributed by atoms with van der Waals surface area (Å²) in [7, 11) is 1.63. The number of carbonyl (C=O) groups excluding carboxylic acids is 1. The highest BCUT2D eigenvalue weighted by Crippen LogP contribution is 2.18. The molecule has 0 unspecified atom stereocenters. The molecule has 0 aliphatic rings. The van der Waals surface area contributed by atoms with Gasteiger partial charge >= 0.3 is 6.03 Å². The molecule has 2 N–H and O–H groups in total. The summed E-state index contributed by atoms with van der Waals surface area (Å²) >= 11 is 0. The summed E-state index contributed by atoms with van der Waals surface area (Å²) in [6.07, 6.45) is 0.872. The fourth-order valence-electron chi connectivity index (χ4n) is 2.15. The number of hydrogen-bond acceptors (Lipinski definition) is 2. The Morgan fingerprint density at radius 3 is 2.05 bits per heavy atom. The van der Waals surface area contributed by atoms with Crippen LogP contribution in [0.1, 0.15) is 18.1 Å². The third-order valence-electron chi connectivity index (χ3n) is 3.21. The number of amides is 2. The van der Waals surface area contributed by atoms with Gasteiger partial charge in [0, 0.05) is 24.0 Å². The second-order valence-electron chi connectivity index (χ2n) is 4.68. The summed E-state index contributed by atoms with van der Waals surface area (Å²) < 4.78 is 5.13. The van der Waals surface area contributed by atoms with Crippen LogP contribution in [0.25, 0.3) is 0 Å². The summed E-state index contributed by atoms with van der Waals surface area (Å²) in [5, 5.41) is 5.75. The largest absolute Gasteiger partial charge is 0.380 e. The number of hydrogen-bond donors (Lipinski definition) is 2. The van der Waals surface area contributed by atoms with Crippen LogP contribution in [0, 0.1) is 0 Å². The maximum absolute atomic E-state index is 12.1. The number of methoxy groups -OCH3 is 1. The van der Waals surface area contributed by atoms with E-state index in [0.717, 1.165) is 28.9 Å². The van der Waals surface area contributed by atoms with Crippen molar-refractivity contribution in [2.24, 2.45) is 0 Å². The highest BCUT2D eigenvalue weighted by molar-refractivity contribution is 6.00. The van der Waals surface area contributed by atoms with Gasteiger partial charge in [-0.25, -0.2) is 4.79 Å². The molecule has 0 aromatic heterocycles. The normalized spacial score (nSPS) is 10.2. The minimum Gasteiger partial charge on any atom is -0.380 e. The van der Waals surface area contributed by atoms with Crippen molar-refractivity contribution in [2.45, 2.75) is 20.0 Å². The van der Waals surface area contributed by atoms with Gasteiger partial charge in [0.2, 0.25) is 0 Å². The van der Waals surface area contributed by atoms with Crippen LogP contribution in [-0.4, -0.2) is 13.1 Å². The van der Waals surface area contributed by atoms with Crippen LogP contribution in [-0.2, 0) is 17.8 Å². The number of urea groups is 1. The maximum Gasteiger partial charge on any atom is 0.323 e. The Morgan fingerprint density at radius 2 is 1.48 bits per heavy atom. The molecule has 0 bridgehead atoms. The molecule has 0 heterocycles. The molecule has 0 aliphatic heterocycles. The van der Waals surface area contributed by atoms with Gasteiger partial charge < -0.3 is 15.4 Å². The molecule has 0 aliphatic carbocycles. The summed E-state index contributed by atoms with van der Waals surface area (Å²) in [4.78, 5) is 12.1. The average Bonchev–Trinajstić information content (AvgIpc) is 2.50. The number of para-hydroxylation sites is 2. The van der Waals surface area contributed by atoms with Crippen molar-refractivity contribution in [3.8, 4) is 0 Å². The molecule has 0 fully saturated rings. The minimum atomic E-state index is -0.251. The Hall–Kier alpha value is -2.33. The molecule has 0 spiro atoms. The topological polar surface area (TPSA) is 50.4 Å². The van der Waals surface area contributed by atoms with Gasteiger partial charge in [-0.1, -0.05) is 43.3 Å². The first-order valence-electron chi connectivity index (χ1n) is 6.97. The van der Waals surface area contributed by atoms with Gasteiger partial charge in [0.15, 0.2) is 0 Å². The highest BCUT2D eigenvalue weighted by atomic mass is 16.5. The number of ether oxygens (including phenoxy) is 1. The van der Waals surface area contributed by atoms with Crippen LogP contribution in [0.4, 0.5) is 16.2 Å². The summed E-state index contributed by atoms with van der Waals surface area (Å²) in [6.45, 7) is 2.52. The standard InChI is InChI=1S/C17H20N2O2/c1-3-13-8-4-6-10-15(13)18-17(20)19-16-11-7-5-9-14(16)12-21-2/h4-11H,3,12H2,1-2H3,(H2,18,19,20). The Balaban J connectivity index is 2.08. The zero-order valence-corrected chi connectivity index (χ0v) is 12.3. The van der Waals surface area contributed by atoms with Crippen LogP contribution in [0.2, 0.25) is 0 Å². The third-order valence-corrected chi connectivity index (χ3v) is 3.21. The zero-order chi connectivity index (χ0) is 15.1. The van der Waals surface area contributed by atoms with E-state index >= 15 is 0 Å². The molecular formula is C17H20N2O2. The van der Waals surface area contributed by atoms with Crippen molar-refractivity contribution >= 4 is 17.4 Å². The second kappa shape index (κ2) is 7.45. The van der Waals surface area contributed by atoms with Gasteiger partial charge in [-0.3, -0.25) is 0 Å². The number of rotatable bonds is 5. The Bertz CT molecular complexity index is 611. The Kier molecular flexibility index (Phi) is 5.35. The van der Waals surface area contributed by atoms with Crippen molar-refractivity contribution in [3.05, 3.63) is 59.7 Å². The van der Waals surface area contributed by atoms with Crippen molar-refractivity contribution in [2.75, 3.05) is 17.7 Å². The molecule has 2 aromatic rings. The molecule has 2 amide bonds. The second-order valence-corrected chi connectivity index (χ2v) is 4.68. The van der Waals surface area contributed by atoms with Crippen molar-refractivity contribution in [1.29, 1.82) is 0 Å². The monoisotopic (exact) mass is 284 g/mol. The van der Waals surface area contributed by atoms with Gasteiger partial charge in [0.25, 0.3) is 0 Å². The molecule has 4 heteroatoms. The minimum absolute atomic E-state index is 0.251. The number of benzene rings is 2. The van der Waals surface area contributed by atoms with Crippen molar-refractivity contribution < 1.29 is 9.53 Å². The van der Waals surface area contributed by atoms with Crippen LogP contribution in [0.15, 0.2) is 48.5 Å². The summed E-state index contributed by atoms with van der Waals surface area (Å²) in [5.74, 6) is 0. The van der Waals surface area contributed by atoms with Crippen molar-refractivity contribution in [3.63, 3.8) is 0 Å². The van der Waals surface area contributed by atoms with E-state index in [1.807, 2.05) is 48.5 Å².